The van der Waals surface area contributed by atoms with E-state index in [1.807, 2.05) is 6.20 Å². The molecule has 1 unspecified atom stereocenters. The molecule has 2 aromatic carbocycles. The molecule has 35 heavy (non-hydrogen) atoms. The van der Waals surface area contributed by atoms with Gasteiger partial charge in [0.1, 0.15) is 12.4 Å². The van der Waals surface area contributed by atoms with Gasteiger partial charge in [-0.1, -0.05) is 0 Å². The average molecular weight is 504 g/mol. The number of halogens is 3. The van der Waals surface area contributed by atoms with E-state index in [9.17, 15) is 13.6 Å². The van der Waals surface area contributed by atoms with E-state index in [4.69, 9.17) is 4.74 Å². The predicted octanol–water partition coefficient (Wildman–Crippen LogP) is 5.27. The fourth-order valence-electron chi connectivity index (χ4n) is 5.06. The summed E-state index contributed by atoms with van der Waals surface area (Å²) in [5, 5.41) is 3.61. The van der Waals surface area contributed by atoms with E-state index >= 15 is 0 Å². The van der Waals surface area contributed by atoms with Crippen molar-refractivity contribution in [3.8, 4) is 5.75 Å². The third-order valence-electron chi connectivity index (χ3n) is 7.12. The summed E-state index contributed by atoms with van der Waals surface area (Å²) in [6.07, 6.45) is 7.96. The number of carbonyl (C=O) groups excluding carboxylic acids is 1. The summed E-state index contributed by atoms with van der Waals surface area (Å²) < 4.78 is 33.9. The SMILES string of the molecule is CNC(=O)c1ccc(F)c2c1CC(N(CCCCc1c[nH]c3ccc(F)cc13)CC1CC1)CO2.Cl. The number of carbonyl (C=O) groups is 1. The fourth-order valence-corrected chi connectivity index (χ4v) is 5.06. The van der Waals surface area contributed by atoms with Crippen LogP contribution >= 0.6 is 12.4 Å². The van der Waals surface area contributed by atoms with Crippen LogP contribution in [0.25, 0.3) is 10.9 Å². The maximum absolute atomic E-state index is 14.4. The summed E-state index contributed by atoms with van der Waals surface area (Å²) in [5.41, 5.74) is 3.26. The molecule has 1 aromatic heterocycles. The highest BCUT2D eigenvalue weighted by atomic mass is 35.5. The van der Waals surface area contributed by atoms with E-state index in [2.05, 4.69) is 15.2 Å². The number of nitrogens with zero attached hydrogens (tertiary/aromatic N) is 1. The van der Waals surface area contributed by atoms with Gasteiger partial charge < -0.3 is 15.0 Å². The molecule has 1 atom stereocenters. The topological polar surface area (TPSA) is 57.4 Å². The van der Waals surface area contributed by atoms with Gasteiger partial charge in [0, 0.05) is 47.9 Å². The third-order valence-corrected chi connectivity index (χ3v) is 7.12. The van der Waals surface area contributed by atoms with Crippen molar-refractivity contribution in [2.45, 2.75) is 44.6 Å². The summed E-state index contributed by atoms with van der Waals surface area (Å²) in [6, 6.07) is 7.82. The molecule has 5 rings (SSSR count). The molecule has 8 heteroatoms. The normalized spacial score (nSPS) is 17.1. The summed E-state index contributed by atoms with van der Waals surface area (Å²) in [7, 11) is 1.58. The van der Waals surface area contributed by atoms with Crippen LogP contribution in [0.2, 0.25) is 0 Å². The van der Waals surface area contributed by atoms with E-state index in [1.165, 1.54) is 25.0 Å². The third kappa shape index (κ3) is 5.62. The van der Waals surface area contributed by atoms with Gasteiger partial charge in [-0.25, -0.2) is 8.78 Å². The van der Waals surface area contributed by atoms with Crippen LogP contribution in [0, 0.1) is 17.6 Å². The molecule has 1 aliphatic carbocycles. The highest BCUT2D eigenvalue weighted by Crippen LogP contribution is 2.35. The zero-order valence-electron chi connectivity index (χ0n) is 19.9. The highest BCUT2D eigenvalue weighted by Gasteiger charge is 2.33. The molecule has 1 amide bonds. The number of aromatic nitrogens is 1. The number of ether oxygens (including phenoxy) is 1. The van der Waals surface area contributed by atoms with Crippen LogP contribution in [0.15, 0.2) is 36.5 Å². The number of aromatic amines is 1. The molecule has 0 spiro atoms. The van der Waals surface area contributed by atoms with Crippen LogP contribution in [0.1, 0.15) is 47.2 Å². The first kappa shape index (κ1) is 25.5. The Labute approximate surface area is 210 Å². The molecule has 0 bridgehead atoms. The number of fused-ring (bicyclic) bond motifs is 2. The molecule has 188 valence electrons. The second-order valence-corrected chi connectivity index (χ2v) is 9.55. The minimum absolute atomic E-state index is 0. The molecule has 2 heterocycles. The number of hydrogen-bond acceptors (Lipinski definition) is 3. The summed E-state index contributed by atoms with van der Waals surface area (Å²) >= 11 is 0. The Morgan fingerprint density at radius 2 is 2.03 bits per heavy atom. The maximum atomic E-state index is 14.4. The van der Waals surface area contributed by atoms with E-state index in [-0.39, 0.29) is 35.9 Å². The molecule has 3 aromatic rings. The largest absolute Gasteiger partial charge is 0.489 e. The van der Waals surface area contributed by atoms with Gasteiger partial charge in [0.2, 0.25) is 0 Å². The molecule has 2 aliphatic rings. The van der Waals surface area contributed by atoms with Gasteiger partial charge in [-0.15, -0.1) is 12.4 Å². The molecule has 1 saturated carbocycles. The van der Waals surface area contributed by atoms with Crippen LogP contribution in [0.5, 0.6) is 5.75 Å². The van der Waals surface area contributed by atoms with Crippen molar-refractivity contribution in [1.29, 1.82) is 0 Å². The van der Waals surface area contributed by atoms with E-state index < -0.39 is 5.82 Å². The zero-order valence-corrected chi connectivity index (χ0v) is 20.7. The van der Waals surface area contributed by atoms with Crippen molar-refractivity contribution in [1.82, 2.24) is 15.2 Å². The zero-order chi connectivity index (χ0) is 23.7. The second-order valence-electron chi connectivity index (χ2n) is 9.55. The molecule has 0 radical (unpaired) electrons. The number of hydrogen-bond donors (Lipinski definition) is 2. The minimum Gasteiger partial charge on any atom is -0.489 e. The monoisotopic (exact) mass is 503 g/mol. The van der Waals surface area contributed by atoms with Crippen LogP contribution in [-0.2, 0) is 12.8 Å². The molecular weight excluding hydrogens is 472 g/mol. The number of rotatable bonds is 9. The lowest BCUT2D eigenvalue weighted by atomic mass is 9.95. The molecular formula is C27H32ClF2N3O2. The first-order valence-electron chi connectivity index (χ1n) is 12.2. The summed E-state index contributed by atoms with van der Waals surface area (Å²) in [4.78, 5) is 18.1. The first-order chi connectivity index (χ1) is 16.5. The van der Waals surface area contributed by atoms with E-state index in [0.29, 0.717) is 30.1 Å². The second kappa shape index (κ2) is 11.0. The first-order valence-corrected chi connectivity index (χ1v) is 12.2. The van der Waals surface area contributed by atoms with Crippen molar-refractivity contribution in [3.63, 3.8) is 0 Å². The predicted molar refractivity (Wildman–Crippen MR) is 136 cm³/mol. The highest BCUT2D eigenvalue weighted by molar-refractivity contribution is 5.96. The summed E-state index contributed by atoms with van der Waals surface area (Å²) in [5.74, 6) is 0.0859. The minimum atomic E-state index is -0.412. The Balaban J connectivity index is 0.00000289. The number of amides is 1. The Kier molecular flexibility index (Phi) is 7.97. The number of benzene rings is 2. The quantitative estimate of drug-likeness (QED) is 0.391. The lowest BCUT2D eigenvalue weighted by Crippen LogP contribution is -2.45. The Hall–Kier alpha value is -2.64. The van der Waals surface area contributed by atoms with Gasteiger partial charge in [-0.2, -0.15) is 0 Å². The molecule has 5 nitrogen and oxygen atoms in total. The van der Waals surface area contributed by atoms with Crippen LogP contribution in [0.3, 0.4) is 0 Å². The van der Waals surface area contributed by atoms with Crippen molar-refractivity contribution in [3.05, 3.63) is 64.9 Å². The Morgan fingerprint density at radius 1 is 1.20 bits per heavy atom. The van der Waals surface area contributed by atoms with Crippen LogP contribution < -0.4 is 10.1 Å². The van der Waals surface area contributed by atoms with Crippen molar-refractivity contribution in [2.24, 2.45) is 5.92 Å². The lowest BCUT2D eigenvalue weighted by Gasteiger charge is -2.36. The van der Waals surface area contributed by atoms with Gasteiger partial charge in [-0.3, -0.25) is 9.69 Å². The van der Waals surface area contributed by atoms with Crippen LogP contribution in [-0.4, -0.2) is 48.6 Å². The molecule has 0 saturated heterocycles. The molecule has 1 fully saturated rings. The fraction of sp³-hybridized carbons (Fsp3) is 0.444. The van der Waals surface area contributed by atoms with E-state index in [0.717, 1.165) is 48.8 Å². The Bertz CT molecular complexity index is 1190. The van der Waals surface area contributed by atoms with Gasteiger partial charge in [0.05, 0.1) is 0 Å². The van der Waals surface area contributed by atoms with Gasteiger partial charge in [0.15, 0.2) is 11.6 Å². The van der Waals surface area contributed by atoms with Gasteiger partial charge in [-0.05, 0) is 86.9 Å². The maximum Gasteiger partial charge on any atom is 0.251 e. The van der Waals surface area contributed by atoms with Crippen molar-refractivity contribution in [2.75, 3.05) is 26.7 Å². The number of nitrogens with one attached hydrogen (secondary N) is 2. The standard InChI is InChI=1S/C27H31F2N3O2.ClH/c1-30-27(33)21-8-9-24(29)26-23(21)13-20(16-34-26)32(15-17-5-6-17)11-3-2-4-18-14-31-25-10-7-19(28)12-22(18)25;/h7-10,12,14,17,20,31H,2-6,11,13,15-16H2,1H3,(H,30,33);1H. The van der Waals surface area contributed by atoms with Crippen LogP contribution in [0.4, 0.5) is 8.78 Å². The number of H-pyrrole nitrogens is 1. The number of aryl methyl sites for hydroxylation is 1. The Morgan fingerprint density at radius 3 is 2.80 bits per heavy atom. The van der Waals surface area contributed by atoms with E-state index in [1.54, 1.807) is 25.2 Å². The summed E-state index contributed by atoms with van der Waals surface area (Å²) in [6.45, 7) is 2.35. The molecule has 1 aliphatic heterocycles. The van der Waals surface area contributed by atoms with Crippen molar-refractivity contribution >= 4 is 29.2 Å². The molecule has 2 N–H and O–H groups in total. The lowest BCUT2D eigenvalue weighted by molar-refractivity contribution is 0.0946. The van der Waals surface area contributed by atoms with Gasteiger partial charge >= 0.3 is 0 Å². The average Bonchev–Trinajstić information content (AvgIpc) is 3.59. The smallest absolute Gasteiger partial charge is 0.251 e. The van der Waals surface area contributed by atoms with Crippen molar-refractivity contribution < 1.29 is 18.3 Å². The van der Waals surface area contributed by atoms with Gasteiger partial charge in [0.25, 0.3) is 5.91 Å². The number of unbranched alkanes of at least 4 members (excludes halogenated alkanes) is 1.